The summed E-state index contributed by atoms with van der Waals surface area (Å²) in [5.41, 5.74) is 3.19. The maximum absolute atomic E-state index is 12.3. The van der Waals surface area contributed by atoms with Crippen LogP contribution >= 0.6 is 15.9 Å². The van der Waals surface area contributed by atoms with Gasteiger partial charge in [0.1, 0.15) is 11.8 Å². The number of nitrogens with zero attached hydrogens (tertiary/aromatic N) is 4. The summed E-state index contributed by atoms with van der Waals surface area (Å²) in [6, 6.07) is 13.1. The summed E-state index contributed by atoms with van der Waals surface area (Å²) in [7, 11) is 0. The summed E-state index contributed by atoms with van der Waals surface area (Å²) < 4.78 is 13.4. The lowest BCUT2D eigenvalue weighted by Gasteiger charge is -2.11. The molecule has 0 bridgehead atoms. The number of anilines is 2. The normalized spacial score (nSPS) is 10.6. The number of benzene rings is 1. The minimum Gasteiger partial charge on any atom is -0.462 e. The number of esters is 1. The predicted octanol–water partition coefficient (Wildman–Crippen LogP) is 5.38. The van der Waals surface area contributed by atoms with E-state index < -0.39 is 5.97 Å². The van der Waals surface area contributed by atoms with E-state index >= 15 is 0 Å². The second-order valence-electron chi connectivity index (χ2n) is 6.79. The van der Waals surface area contributed by atoms with Crippen molar-refractivity contribution in [2.75, 3.05) is 11.9 Å². The standard InChI is InChI=1S/C23H18BrN5O3/c1-3-31-23(30)19-13-29-22(14(19)2)21(15(10-25)11-27-29)28-17-6-9-20(26-12-17)32-18-7-4-16(24)5-8-18/h4-9,11-13,28H,3H2,1-2H3. The molecular weight excluding hydrogens is 474 g/mol. The Kier molecular flexibility index (Phi) is 6.05. The van der Waals surface area contributed by atoms with E-state index in [9.17, 15) is 10.1 Å². The average Bonchev–Trinajstić information content (AvgIpc) is 3.14. The molecule has 1 aromatic carbocycles. The van der Waals surface area contributed by atoms with Gasteiger partial charge in [-0.1, -0.05) is 15.9 Å². The van der Waals surface area contributed by atoms with Crippen LogP contribution in [0.4, 0.5) is 11.4 Å². The molecule has 4 aromatic rings. The number of aromatic nitrogens is 3. The van der Waals surface area contributed by atoms with Gasteiger partial charge in [-0.3, -0.25) is 0 Å². The number of aryl methyl sites for hydroxylation is 1. The number of carbonyl (C=O) groups is 1. The molecule has 0 amide bonds. The SMILES string of the molecule is CCOC(=O)c1cn2ncc(C#N)c(Nc3ccc(Oc4ccc(Br)cc4)nc3)c2c1C. The lowest BCUT2D eigenvalue weighted by molar-refractivity contribution is 0.0525. The molecule has 0 saturated heterocycles. The van der Waals surface area contributed by atoms with E-state index in [2.05, 4.69) is 37.4 Å². The Labute approximate surface area is 192 Å². The van der Waals surface area contributed by atoms with Crippen LogP contribution in [0.15, 0.2) is 59.5 Å². The molecule has 160 valence electrons. The Hall–Kier alpha value is -3.90. The Morgan fingerprint density at radius 1 is 1.22 bits per heavy atom. The zero-order valence-corrected chi connectivity index (χ0v) is 18.9. The number of hydrogen-bond acceptors (Lipinski definition) is 7. The average molecular weight is 492 g/mol. The van der Waals surface area contributed by atoms with Crippen molar-refractivity contribution in [3.63, 3.8) is 0 Å². The van der Waals surface area contributed by atoms with E-state index in [-0.39, 0.29) is 6.61 Å². The van der Waals surface area contributed by atoms with E-state index in [0.717, 1.165) is 4.47 Å². The van der Waals surface area contributed by atoms with Crippen LogP contribution < -0.4 is 10.1 Å². The van der Waals surface area contributed by atoms with Gasteiger partial charge in [0.2, 0.25) is 5.88 Å². The molecule has 0 spiro atoms. The number of nitriles is 1. The van der Waals surface area contributed by atoms with Crippen molar-refractivity contribution in [3.05, 3.63) is 76.2 Å². The smallest absolute Gasteiger partial charge is 0.340 e. The topological polar surface area (TPSA) is 102 Å². The first-order chi connectivity index (χ1) is 15.5. The molecular formula is C23H18BrN5O3. The molecule has 0 radical (unpaired) electrons. The first-order valence-corrected chi connectivity index (χ1v) is 10.5. The van der Waals surface area contributed by atoms with Gasteiger partial charge in [0.15, 0.2) is 0 Å². The molecule has 0 saturated carbocycles. The maximum atomic E-state index is 12.3. The molecule has 32 heavy (non-hydrogen) atoms. The maximum Gasteiger partial charge on any atom is 0.340 e. The lowest BCUT2D eigenvalue weighted by Crippen LogP contribution is -2.04. The number of rotatable bonds is 6. The summed E-state index contributed by atoms with van der Waals surface area (Å²) >= 11 is 3.39. The quantitative estimate of drug-likeness (QED) is 0.361. The van der Waals surface area contributed by atoms with Gasteiger partial charge in [-0.2, -0.15) is 10.4 Å². The van der Waals surface area contributed by atoms with E-state index in [0.29, 0.717) is 45.2 Å². The van der Waals surface area contributed by atoms with Crippen molar-refractivity contribution in [2.45, 2.75) is 13.8 Å². The summed E-state index contributed by atoms with van der Waals surface area (Å²) in [6.07, 6.45) is 4.65. The van der Waals surface area contributed by atoms with Crippen molar-refractivity contribution in [3.8, 4) is 17.7 Å². The largest absolute Gasteiger partial charge is 0.462 e. The molecule has 0 unspecified atom stereocenters. The Morgan fingerprint density at radius 3 is 2.66 bits per heavy atom. The molecule has 8 nitrogen and oxygen atoms in total. The number of ether oxygens (including phenoxy) is 2. The first kappa shape index (κ1) is 21.3. The van der Waals surface area contributed by atoms with Gasteiger partial charge in [0.05, 0.1) is 47.0 Å². The van der Waals surface area contributed by atoms with E-state index in [4.69, 9.17) is 9.47 Å². The van der Waals surface area contributed by atoms with Gasteiger partial charge in [0.25, 0.3) is 0 Å². The summed E-state index contributed by atoms with van der Waals surface area (Å²) in [6.45, 7) is 3.81. The number of hydrogen-bond donors (Lipinski definition) is 1. The molecule has 3 aromatic heterocycles. The third-order valence-corrected chi connectivity index (χ3v) is 5.24. The Balaban J connectivity index is 1.65. The fourth-order valence-corrected chi connectivity index (χ4v) is 3.46. The number of fused-ring (bicyclic) bond motifs is 1. The van der Waals surface area contributed by atoms with E-state index in [1.807, 2.05) is 24.3 Å². The minimum absolute atomic E-state index is 0.271. The molecule has 0 aliphatic heterocycles. The van der Waals surface area contributed by atoms with Gasteiger partial charge in [-0.05, 0) is 49.7 Å². The van der Waals surface area contributed by atoms with Gasteiger partial charge in [-0.15, -0.1) is 0 Å². The van der Waals surface area contributed by atoms with Gasteiger partial charge >= 0.3 is 5.97 Å². The van der Waals surface area contributed by atoms with Gasteiger partial charge in [0, 0.05) is 16.7 Å². The Bertz CT molecular complexity index is 1330. The molecule has 0 aliphatic carbocycles. The molecule has 9 heteroatoms. The predicted molar refractivity (Wildman–Crippen MR) is 122 cm³/mol. The summed E-state index contributed by atoms with van der Waals surface area (Å²) in [5, 5.41) is 17.1. The van der Waals surface area contributed by atoms with Crippen LogP contribution in [0.1, 0.15) is 28.4 Å². The highest BCUT2D eigenvalue weighted by Gasteiger charge is 2.20. The monoisotopic (exact) mass is 491 g/mol. The van der Waals surface area contributed by atoms with Crippen LogP contribution in [0.2, 0.25) is 0 Å². The minimum atomic E-state index is -0.434. The van der Waals surface area contributed by atoms with Crippen LogP contribution in [0.25, 0.3) is 5.52 Å². The summed E-state index contributed by atoms with van der Waals surface area (Å²) in [5.74, 6) is 0.664. The highest BCUT2D eigenvalue weighted by Crippen LogP contribution is 2.31. The Morgan fingerprint density at radius 2 is 2.00 bits per heavy atom. The van der Waals surface area contributed by atoms with Crippen molar-refractivity contribution >= 4 is 38.8 Å². The molecule has 0 fully saturated rings. The van der Waals surface area contributed by atoms with Crippen molar-refractivity contribution in [1.29, 1.82) is 5.26 Å². The van der Waals surface area contributed by atoms with Gasteiger partial charge < -0.3 is 14.8 Å². The second kappa shape index (κ2) is 9.08. The summed E-state index contributed by atoms with van der Waals surface area (Å²) in [4.78, 5) is 16.6. The van der Waals surface area contributed by atoms with E-state index in [1.54, 1.807) is 42.9 Å². The zero-order valence-electron chi connectivity index (χ0n) is 17.3. The fourth-order valence-electron chi connectivity index (χ4n) is 3.20. The number of carbonyl (C=O) groups excluding carboxylic acids is 1. The molecule has 4 rings (SSSR count). The lowest BCUT2D eigenvalue weighted by atomic mass is 10.1. The fraction of sp³-hybridized carbons (Fsp3) is 0.130. The van der Waals surface area contributed by atoms with Crippen molar-refractivity contribution in [2.24, 2.45) is 0 Å². The van der Waals surface area contributed by atoms with Crippen LogP contribution in [0, 0.1) is 18.3 Å². The van der Waals surface area contributed by atoms with Crippen LogP contribution in [-0.4, -0.2) is 27.2 Å². The zero-order chi connectivity index (χ0) is 22.7. The highest BCUT2D eigenvalue weighted by molar-refractivity contribution is 9.10. The molecule has 0 aliphatic rings. The van der Waals surface area contributed by atoms with Gasteiger partial charge in [-0.25, -0.2) is 14.3 Å². The number of halogens is 1. The van der Waals surface area contributed by atoms with E-state index in [1.165, 1.54) is 6.20 Å². The first-order valence-electron chi connectivity index (χ1n) is 9.74. The number of nitrogens with one attached hydrogen (secondary N) is 1. The van der Waals surface area contributed by atoms with Crippen LogP contribution in [0.3, 0.4) is 0 Å². The molecule has 3 heterocycles. The third-order valence-electron chi connectivity index (χ3n) is 4.71. The highest BCUT2D eigenvalue weighted by atomic mass is 79.9. The van der Waals surface area contributed by atoms with Crippen molar-refractivity contribution < 1.29 is 14.3 Å². The number of pyridine rings is 1. The third kappa shape index (κ3) is 4.26. The molecule has 1 N–H and O–H groups in total. The van der Waals surface area contributed by atoms with Crippen LogP contribution in [-0.2, 0) is 4.74 Å². The van der Waals surface area contributed by atoms with Crippen LogP contribution in [0.5, 0.6) is 11.6 Å². The molecule has 0 atom stereocenters. The van der Waals surface area contributed by atoms with Crippen molar-refractivity contribution in [1.82, 2.24) is 14.6 Å². The second-order valence-corrected chi connectivity index (χ2v) is 7.71.